The highest BCUT2D eigenvalue weighted by Gasteiger charge is 2.17. The average Bonchev–Trinajstić information content (AvgIpc) is 2.27. The van der Waals surface area contributed by atoms with Gasteiger partial charge in [0.25, 0.3) is 0 Å². The summed E-state index contributed by atoms with van der Waals surface area (Å²) in [5, 5.41) is 13.0. The van der Waals surface area contributed by atoms with E-state index < -0.39 is 6.10 Å². The number of aliphatic hydroxyl groups excluding tert-OH is 1. The first-order valence-corrected chi connectivity index (χ1v) is 7.48. The Bertz CT molecular complexity index is 208. The topological polar surface area (TPSA) is 50.7 Å². The SMILES string of the molecule is CCOC(C)(C)CNCC(O)COCCCC(C)C. The molecule has 4 heteroatoms. The zero-order valence-electron chi connectivity index (χ0n) is 13.4. The van der Waals surface area contributed by atoms with Gasteiger partial charge in [-0.15, -0.1) is 0 Å². The van der Waals surface area contributed by atoms with Crippen LogP contribution in [0.3, 0.4) is 0 Å². The minimum atomic E-state index is -0.448. The molecule has 19 heavy (non-hydrogen) atoms. The van der Waals surface area contributed by atoms with Crippen molar-refractivity contribution in [1.82, 2.24) is 5.32 Å². The molecule has 4 nitrogen and oxygen atoms in total. The lowest BCUT2D eigenvalue weighted by Crippen LogP contribution is -2.41. The van der Waals surface area contributed by atoms with Gasteiger partial charge in [-0.2, -0.15) is 0 Å². The smallest absolute Gasteiger partial charge is 0.0897 e. The Labute approximate surface area is 118 Å². The largest absolute Gasteiger partial charge is 0.389 e. The summed E-state index contributed by atoms with van der Waals surface area (Å²) in [4.78, 5) is 0. The van der Waals surface area contributed by atoms with Crippen LogP contribution in [0.4, 0.5) is 0 Å². The third kappa shape index (κ3) is 12.6. The third-order valence-electron chi connectivity index (χ3n) is 2.85. The number of nitrogens with one attached hydrogen (secondary N) is 1. The predicted octanol–water partition coefficient (Wildman–Crippen LogP) is 2.20. The van der Waals surface area contributed by atoms with Gasteiger partial charge in [0.1, 0.15) is 0 Å². The van der Waals surface area contributed by atoms with Gasteiger partial charge in [-0.25, -0.2) is 0 Å². The van der Waals surface area contributed by atoms with E-state index in [0.717, 1.165) is 25.5 Å². The minimum absolute atomic E-state index is 0.188. The minimum Gasteiger partial charge on any atom is -0.389 e. The van der Waals surface area contributed by atoms with Crippen molar-refractivity contribution < 1.29 is 14.6 Å². The molecule has 1 unspecified atom stereocenters. The highest BCUT2D eigenvalue weighted by molar-refractivity contribution is 4.72. The van der Waals surface area contributed by atoms with E-state index in [2.05, 4.69) is 19.2 Å². The van der Waals surface area contributed by atoms with Crippen molar-refractivity contribution in [3.8, 4) is 0 Å². The highest BCUT2D eigenvalue weighted by atomic mass is 16.5. The molecule has 0 aliphatic heterocycles. The molecule has 2 N–H and O–H groups in total. The molecule has 0 aromatic carbocycles. The second-order valence-corrected chi connectivity index (χ2v) is 6.09. The van der Waals surface area contributed by atoms with E-state index in [4.69, 9.17) is 9.47 Å². The van der Waals surface area contributed by atoms with Crippen LogP contribution in [-0.2, 0) is 9.47 Å². The summed E-state index contributed by atoms with van der Waals surface area (Å²) in [7, 11) is 0. The van der Waals surface area contributed by atoms with Gasteiger partial charge in [-0.05, 0) is 39.5 Å². The van der Waals surface area contributed by atoms with Gasteiger partial charge in [0, 0.05) is 26.3 Å². The summed E-state index contributed by atoms with van der Waals surface area (Å²) in [6.45, 7) is 13.6. The monoisotopic (exact) mass is 275 g/mol. The molecule has 0 aromatic heterocycles. The molecule has 1 atom stereocenters. The van der Waals surface area contributed by atoms with Crippen molar-refractivity contribution in [2.75, 3.05) is 32.9 Å². The number of rotatable bonds is 12. The van der Waals surface area contributed by atoms with E-state index in [-0.39, 0.29) is 5.60 Å². The predicted molar refractivity (Wildman–Crippen MR) is 79.5 cm³/mol. The van der Waals surface area contributed by atoms with Gasteiger partial charge < -0.3 is 19.9 Å². The van der Waals surface area contributed by atoms with Gasteiger partial charge in [0.05, 0.1) is 18.3 Å². The van der Waals surface area contributed by atoms with Crippen LogP contribution >= 0.6 is 0 Å². The summed E-state index contributed by atoms with van der Waals surface area (Å²) in [6.07, 6.45) is 1.79. The van der Waals surface area contributed by atoms with Gasteiger partial charge in [-0.3, -0.25) is 0 Å². The van der Waals surface area contributed by atoms with Crippen LogP contribution < -0.4 is 5.32 Å². The maximum Gasteiger partial charge on any atom is 0.0897 e. The van der Waals surface area contributed by atoms with Crippen LogP contribution in [-0.4, -0.2) is 49.7 Å². The molecule has 0 bridgehead atoms. The zero-order chi connectivity index (χ0) is 14.7. The maximum atomic E-state index is 9.76. The average molecular weight is 275 g/mol. The summed E-state index contributed by atoms with van der Waals surface area (Å²) >= 11 is 0. The fourth-order valence-electron chi connectivity index (χ4n) is 1.85. The summed E-state index contributed by atoms with van der Waals surface area (Å²) in [6, 6.07) is 0. The molecule has 0 saturated carbocycles. The first kappa shape index (κ1) is 18.8. The van der Waals surface area contributed by atoms with E-state index in [1.54, 1.807) is 0 Å². The lowest BCUT2D eigenvalue weighted by Gasteiger charge is -2.25. The second-order valence-electron chi connectivity index (χ2n) is 6.09. The fourth-order valence-corrected chi connectivity index (χ4v) is 1.85. The van der Waals surface area contributed by atoms with E-state index in [1.165, 1.54) is 6.42 Å². The van der Waals surface area contributed by atoms with Crippen molar-refractivity contribution in [2.45, 2.75) is 59.2 Å². The first-order chi connectivity index (χ1) is 8.87. The van der Waals surface area contributed by atoms with Gasteiger partial charge >= 0.3 is 0 Å². The molecule has 0 amide bonds. The number of hydrogen-bond acceptors (Lipinski definition) is 4. The Balaban J connectivity index is 3.46. The number of hydrogen-bond donors (Lipinski definition) is 2. The number of ether oxygens (including phenoxy) is 2. The lowest BCUT2D eigenvalue weighted by molar-refractivity contribution is -0.0136. The molecule has 0 aromatic rings. The van der Waals surface area contributed by atoms with Crippen LogP contribution in [0.15, 0.2) is 0 Å². The van der Waals surface area contributed by atoms with Crippen molar-refractivity contribution in [3.63, 3.8) is 0 Å². The van der Waals surface area contributed by atoms with E-state index in [1.807, 2.05) is 20.8 Å². The molecule has 116 valence electrons. The molecule has 0 spiro atoms. The van der Waals surface area contributed by atoms with Crippen LogP contribution in [0.1, 0.15) is 47.5 Å². The Morgan fingerprint density at radius 3 is 2.53 bits per heavy atom. The molecule has 0 aliphatic carbocycles. The second kappa shape index (κ2) is 10.6. The molecule has 0 rings (SSSR count). The molecule has 0 radical (unpaired) electrons. The maximum absolute atomic E-state index is 9.76. The third-order valence-corrected chi connectivity index (χ3v) is 2.85. The van der Waals surface area contributed by atoms with E-state index >= 15 is 0 Å². The van der Waals surface area contributed by atoms with Crippen molar-refractivity contribution in [1.29, 1.82) is 0 Å². The molecular weight excluding hydrogens is 242 g/mol. The van der Waals surface area contributed by atoms with E-state index in [0.29, 0.717) is 19.8 Å². The van der Waals surface area contributed by atoms with Crippen molar-refractivity contribution in [2.24, 2.45) is 5.92 Å². The van der Waals surface area contributed by atoms with E-state index in [9.17, 15) is 5.11 Å². The Kier molecular flexibility index (Phi) is 10.5. The number of aliphatic hydroxyl groups is 1. The van der Waals surface area contributed by atoms with Crippen molar-refractivity contribution >= 4 is 0 Å². The summed E-state index contributed by atoms with van der Waals surface area (Å²) in [5.41, 5.74) is -0.188. The Morgan fingerprint density at radius 2 is 1.95 bits per heavy atom. The standard InChI is InChI=1S/C15H33NO3/c1-6-19-15(4,5)12-16-10-14(17)11-18-9-7-8-13(2)3/h13-14,16-17H,6-12H2,1-5H3. The fraction of sp³-hybridized carbons (Fsp3) is 1.00. The first-order valence-electron chi connectivity index (χ1n) is 7.48. The van der Waals surface area contributed by atoms with Crippen LogP contribution in [0, 0.1) is 5.92 Å². The highest BCUT2D eigenvalue weighted by Crippen LogP contribution is 2.06. The molecule has 0 heterocycles. The van der Waals surface area contributed by atoms with Crippen LogP contribution in [0.5, 0.6) is 0 Å². The van der Waals surface area contributed by atoms with Gasteiger partial charge in [-0.1, -0.05) is 13.8 Å². The molecule has 0 saturated heterocycles. The van der Waals surface area contributed by atoms with Crippen LogP contribution in [0.25, 0.3) is 0 Å². The summed E-state index contributed by atoms with van der Waals surface area (Å²) in [5.74, 6) is 0.719. The molecule has 0 fully saturated rings. The summed E-state index contributed by atoms with van der Waals surface area (Å²) < 4.78 is 11.0. The zero-order valence-corrected chi connectivity index (χ0v) is 13.4. The van der Waals surface area contributed by atoms with Crippen LogP contribution in [0.2, 0.25) is 0 Å². The van der Waals surface area contributed by atoms with Gasteiger partial charge in [0.15, 0.2) is 0 Å². The molecular formula is C15H33NO3. The van der Waals surface area contributed by atoms with Crippen molar-refractivity contribution in [3.05, 3.63) is 0 Å². The Hall–Kier alpha value is -0.160. The normalized spacial score (nSPS) is 14.1. The quantitative estimate of drug-likeness (QED) is 0.536. The molecule has 0 aliphatic rings. The lowest BCUT2D eigenvalue weighted by atomic mass is 10.1. The Morgan fingerprint density at radius 1 is 1.26 bits per heavy atom. The van der Waals surface area contributed by atoms with Gasteiger partial charge in [0.2, 0.25) is 0 Å².